The van der Waals surface area contributed by atoms with E-state index in [4.69, 9.17) is 20.9 Å². The fraction of sp³-hybridized carbons (Fsp3) is 0.333. The number of methoxy groups -OCH3 is 1. The van der Waals surface area contributed by atoms with E-state index in [-0.39, 0.29) is 11.3 Å². The van der Waals surface area contributed by atoms with Crippen LogP contribution in [0.1, 0.15) is 23.7 Å². The smallest absolute Gasteiger partial charge is 0.341 e. The number of rotatable bonds is 5. The molecule has 0 saturated heterocycles. The molecule has 1 rings (SSSR count). The Bertz CT molecular complexity index is 459. The Labute approximate surface area is 105 Å². The number of benzene rings is 1. The van der Waals surface area contributed by atoms with Crippen molar-refractivity contribution in [2.24, 2.45) is 5.73 Å². The fourth-order valence-electron chi connectivity index (χ4n) is 1.37. The molecule has 1 unspecified atom stereocenters. The lowest BCUT2D eigenvalue weighted by atomic mass is 10.1. The molecular weight excluding hydrogens is 236 g/mol. The van der Waals surface area contributed by atoms with Crippen molar-refractivity contribution in [2.45, 2.75) is 19.4 Å². The summed E-state index contributed by atoms with van der Waals surface area (Å²) in [6.07, 6.45) is -0.645. The highest BCUT2D eigenvalue weighted by Gasteiger charge is 2.21. The Morgan fingerprint density at radius 1 is 1.39 bits per heavy atom. The molecule has 0 aliphatic carbocycles. The quantitative estimate of drug-likeness (QED) is 0.592. The molecule has 0 heterocycles. The molecular formula is C12H16N2O4. The number of nitrogen functional groups attached to an aromatic ring is 1. The van der Waals surface area contributed by atoms with Gasteiger partial charge in [-0.15, -0.1) is 0 Å². The highest BCUT2D eigenvalue weighted by molar-refractivity contribution is 5.97. The van der Waals surface area contributed by atoms with Gasteiger partial charge in [0.15, 0.2) is 6.10 Å². The van der Waals surface area contributed by atoms with Gasteiger partial charge in [-0.3, -0.25) is 4.79 Å². The van der Waals surface area contributed by atoms with Crippen LogP contribution < -0.4 is 16.2 Å². The maximum absolute atomic E-state index is 11.8. The molecule has 6 nitrogen and oxygen atoms in total. The summed E-state index contributed by atoms with van der Waals surface area (Å²) < 4.78 is 9.96. The number of hydrogen-bond donors (Lipinski definition) is 2. The second kappa shape index (κ2) is 5.90. The standard InChI is InChI=1S/C12H16N2O4/c1-3-10(11(14)15)18-12(16)8-6-7(17-2)4-5-9(8)13/h4-6,10H,3,13H2,1-2H3,(H2,14,15). The Morgan fingerprint density at radius 2 is 2.06 bits per heavy atom. The number of anilines is 1. The first kappa shape index (κ1) is 13.8. The summed E-state index contributed by atoms with van der Waals surface area (Å²) in [7, 11) is 1.47. The minimum atomic E-state index is -0.955. The number of primary amides is 1. The zero-order valence-corrected chi connectivity index (χ0v) is 10.3. The summed E-state index contributed by atoms with van der Waals surface area (Å²) in [4.78, 5) is 22.8. The molecule has 0 saturated carbocycles. The predicted octanol–water partition coefficient (Wildman–Crippen LogP) is 0.698. The molecule has 0 aliphatic rings. The number of ether oxygens (including phenoxy) is 2. The highest BCUT2D eigenvalue weighted by atomic mass is 16.5. The number of carbonyl (C=O) groups is 2. The average Bonchev–Trinajstić information content (AvgIpc) is 2.35. The predicted molar refractivity (Wildman–Crippen MR) is 66.1 cm³/mol. The molecule has 18 heavy (non-hydrogen) atoms. The number of esters is 1. The van der Waals surface area contributed by atoms with Crippen molar-refractivity contribution in [2.75, 3.05) is 12.8 Å². The van der Waals surface area contributed by atoms with Crippen LogP contribution in [-0.4, -0.2) is 25.1 Å². The first-order valence-electron chi connectivity index (χ1n) is 5.43. The SMILES string of the molecule is CCC(OC(=O)c1cc(OC)ccc1N)C(N)=O. The topological polar surface area (TPSA) is 105 Å². The van der Waals surface area contributed by atoms with Gasteiger partial charge < -0.3 is 20.9 Å². The van der Waals surface area contributed by atoms with Crippen LogP contribution in [0, 0.1) is 0 Å². The van der Waals surface area contributed by atoms with E-state index in [1.807, 2.05) is 0 Å². The molecule has 0 aromatic heterocycles. The van der Waals surface area contributed by atoms with E-state index in [2.05, 4.69) is 0 Å². The largest absolute Gasteiger partial charge is 0.497 e. The van der Waals surface area contributed by atoms with Crippen molar-refractivity contribution < 1.29 is 19.1 Å². The maximum Gasteiger partial charge on any atom is 0.341 e. The van der Waals surface area contributed by atoms with Gasteiger partial charge in [0.2, 0.25) is 0 Å². The normalized spacial score (nSPS) is 11.7. The van der Waals surface area contributed by atoms with Crippen molar-refractivity contribution >= 4 is 17.6 Å². The average molecular weight is 252 g/mol. The number of carbonyl (C=O) groups excluding carboxylic acids is 2. The van der Waals surface area contributed by atoms with Crippen molar-refractivity contribution in [3.8, 4) is 5.75 Å². The number of nitrogens with two attached hydrogens (primary N) is 2. The van der Waals surface area contributed by atoms with E-state index in [9.17, 15) is 9.59 Å². The molecule has 1 atom stereocenters. The molecule has 0 spiro atoms. The molecule has 0 radical (unpaired) electrons. The monoisotopic (exact) mass is 252 g/mol. The van der Waals surface area contributed by atoms with Gasteiger partial charge in [-0.05, 0) is 24.6 Å². The lowest BCUT2D eigenvalue weighted by Crippen LogP contribution is -2.32. The summed E-state index contributed by atoms with van der Waals surface area (Å²) in [6, 6.07) is 4.60. The first-order valence-corrected chi connectivity index (χ1v) is 5.43. The minimum Gasteiger partial charge on any atom is -0.497 e. The van der Waals surface area contributed by atoms with Crippen LogP contribution in [0.4, 0.5) is 5.69 Å². The molecule has 98 valence electrons. The molecule has 6 heteroatoms. The van der Waals surface area contributed by atoms with Crippen LogP contribution >= 0.6 is 0 Å². The van der Waals surface area contributed by atoms with Gasteiger partial charge in [-0.1, -0.05) is 6.92 Å². The number of amides is 1. The Hall–Kier alpha value is -2.24. The van der Waals surface area contributed by atoms with Crippen LogP contribution in [0.15, 0.2) is 18.2 Å². The van der Waals surface area contributed by atoms with Crippen LogP contribution in [0.2, 0.25) is 0 Å². The molecule has 0 fully saturated rings. The van der Waals surface area contributed by atoms with E-state index < -0.39 is 18.0 Å². The summed E-state index contributed by atoms with van der Waals surface area (Å²) in [5.74, 6) is -0.910. The van der Waals surface area contributed by atoms with E-state index in [1.54, 1.807) is 13.0 Å². The van der Waals surface area contributed by atoms with E-state index in [0.717, 1.165) is 0 Å². The third-order valence-corrected chi connectivity index (χ3v) is 2.42. The van der Waals surface area contributed by atoms with Crippen LogP contribution in [0.25, 0.3) is 0 Å². The summed E-state index contributed by atoms with van der Waals surface area (Å²) in [5, 5.41) is 0. The third-order valence-electron chi connectivity index (χ3n) is 2.42. The van der Waals surface area contributed by atoms with Gasteiger partial charge in [0.05, 0.1) is 12.7 Å². The Morgan fingerprint density at radius 3 is 2.56 bits per heavy atom. The van der Waals surface area contributed by atoms with Gasteiger partial charge in [-0.2, -0.15) is 0 Å². The van der Waals surface area contributed by atoms with Crippen LogP contribution in [0.5, 0.6) is 5.75 Å². The second-order valence-corrected chi connectivity index (χ2v) is 3.66. The lowest BCUT2D eigenvalue weighted by Gasteiger charge is -2.13. The first-order chi connectivity index (χ1) is 8.49. The number of hydrogen-bond acceptors (Lipinski definition) is 5. The molecule has 1 amide bonds. The molecule has 0 aliphatic heterocycles. The highest BCUT2D eigenvalue weighted by Crippen LogP contribution is 2.21. The Balaban J connectivity index is 2.93. The molecule has 1 aromatic rings. The van der Waals surface area contributed by atoms with Gasteiger partial charge in [0, 0.05) is 5.69 Å². The zero-order chi connectivity index (χ0) is 13.7. The minimum absolute atomic E-state index is 0.147. The third kappa shape index (κ3) is 3.13. The van der Waals surface area contributed by atoms with E-state index in [0.29, 0.717) is 12.2 Å². The fourth-order valence-corrected chi connectivity index (χ4v) is 1.37. The molecule has 1 aromatic carbocycles. The van der Waals surface area contributed by atoms with Crippen LogP contribution in [0.3, 0.4) is 0 Å². The molecule has 0 bridgehead atoms. The van der Waals surface area contributed by atoms with E-state index in [1.165, 1.54) is 19.2 Å². The van der Waals surface area contributed by atoms with Crippen molar-refractivity contribution in [3.63, 3.8) is 0 Å². The van der Waals surface area contributed by atoms with Gasteiger partial charge >= 0.3 is 5.97 Å². The van der Waals surface area contributed by atoms with Gasteiger partial charge in [-0.25, -0.2) is 4.79 Å². The van der Waals surface area contributed by atoms with Gasteiger partial charge in [0.25, 0.3) is 5.91 Å². The van der Waals surface area contributed by atoms with Crippen LogP contribution in [-0.2, 0) is 9.53 Å². The van der Waals surface area contributed by atoms with Crippen molar-refractivity contribution in [1.82, 2.24) is 0 Å². The van der Waals surface area contributed by atoms with Crippen molar-refractivity contribution in [1.29, 1.82) is 0 Å². The Kier molecular flexibility index (Phi) is 4.53. The maximum atomic E-state index is 11.8. The second-order valence-electron chi connectivity index (χ2n) is 3.66. The summed E-state index contributed by atoms with van der Waals surface area (Å²) in [5.41, 5.74) is 11.2. The molecule has 4 N–H and O–H groups in total. The lowest BCUT2D eigenvalue weighted by molar-refractivity contribution is -0.126. The van der Waals surface area contributed by atoms with Crippen molar-refractivity contribution in [3.05, 3.63) is 23.8 Å². The summed E-state index contributed by atoms with van der Waals surface area (Å²) >= 11 is 0. The zero-order valence-electron chi connectivity index (χ0n) is 10.3. The van der Waals surface area contributed by atoms with Gasteiger partial charge in [0.1, 0.15) is 5.75 Å². The van der Waals surface area contributed by atoms with E-state index >= 15 is 0 Å². The summed E-state index contributed by atoms with van der Waals surface area (Å²) in [6.45, 7) is 1.69.